The normalized spacial score (nSPS) is 25.5. The van der Waals surface area contributed by atoms with Crippen molar-refractivity contribution in [3.63, 3.8) is 0 Å². The molecule has 1 spiro atoms. The number of sulfonamides is 1. The molecule has 166 valence electrons. The van der Waals surface area contributed by atoms with Gasteiger partial charge in [0.2, 0.25) is 0 Å². The number of aryl methyl sites for hydroxylation is 1. The molecule has 31 heavy (non-hydrogen) atoms. The zero-order valence-electron chi connectivity index (χ0n) is 18.7. The van der Waals surface area contributed by atoms with Gasteiger partial charge in [-0.2, -0.15) is 0 Å². The average molecular weight is 442 g/mol. The summed E-state index contributed by atoms with van der Waals surface area (Å²) in [7, 11) is -3.53. The van der Waals surface area contributed by atoms with Gasteiger partial charge in [0, 0.05) is 30.2 Å². The van der Waals surface area contributed by atoms with Gasteiger partial charge in [0.15, 0.2) is 0 Å². The number of benzene rings is 1. The first kappa shape index (κ1) is 21.8. The Bertz CT molecular complexity index is 1080. The lowest BCUT2D eigenvalue weighted by Crippen LogP contribution is -2.56. The Balaban J connectivity index is 1.54. The number of rotatable bonds is 5. The molecule has 7 heteroatoms. The Morgan fingerprint density at radius 1 is 1.23 bits per heavy atom. The van der Waals surface area contributed by atoms with Gasteiger partial charge in [0.05, 0.1) is 11.6 Å². The summed E-state index contributed by atoms with van der Waals surface area (Å²) in [4.78, 5) is 6.94. The van der Waals surface area contributed by atoms with Gasteiger partial charge in [-0.1, -0.05) is 18.2 Å². The molecule has 0 saturated carbocycles. The van der Waals surface area contributed by atoms with Crippen LogP contribution < -0.4 is 9.04 Å². The largest absolute Gasteiger partial charge is 0.491 e. The predicted molar refractivity (Wildman–Crippen MR) is 124 cm³/mol. The van der Waals surface area contributed by atoms with Crippen LogP contribution in [0.4, 0.5) is 5.82 Å². The highest BCUT2D eigenvalue weighted by Gasteiger charge is 2.49. The lowest BCUT2D eigenvalue weighted by Gasteiger charge is -2.47. The van der Waals surface area contributed by atoms with Crippen LogP contribution in [-0.2, 0) is 16.6 Å². The predicted octanol–water partition coefficient (Wildman–Crippen LogP) is 4.26. The number of hydrogen-bond acceptors (Lipinski definition) is 5. The van der Waals surface area contributed by atoms with E-state index in [9.17, 15) is 8.42 Å². The molecule has 2 aliphatic heterocycles. The van der Waals surface area contributed by atoms with E-state index in [1.807, 2.05) is 51.1 Å². The van der Waals surface area contributed by atoms with E-state index in [0.29, 0.717) is 5.82 Å². The third-order valence-corrected chi connectivity index (χ3v) is 7.59. The zero-order valence-corrected chi connectivity index (χ0v) is 19.5. The maximum absolute atomic E-state index is 12.9. The molecule has 1 aromatic heterocycles. The highest BCUT2D eigenvalue weighted by molar-refractivity contribution is 7.96. The summed E-state index contributed by atoms with van der Waals surface area (Å²) >= 11 is 0. The molecule has 0 radical (unpaired) electrons. The fourth-order valence-corrected chi connectivity index (χ4v) is 6.33. The van der Waals surface area contributed by atoms with E-state index in [0.717, 1.165) is 37.4 Å². The molecule has 0 amide bonds. The Kier molecular flexibility index (Phi) is 5.83. The maximum Gasteiger partial charge on any atom is 0.259 e. The summed E-state index contributed by atoms with van der Waals surface area (Å²) in [5.41, 5.74) is 1.45. The Morgan fingerprint density at radius 3 is 2.71 bits per heavy atom. The standard InChI is InChI=1S/C24H31N3O3S/c1-18(2)30-22-9-6-8-21(15-22)17-26-13-11-24(16-20(26)4)12-14-31(28,29)27(24)23-10-5-7-19(3)25-23/h5-10,12,14-15,18,20H,11,13,16-17H2,1-4H3/t20-,24-/m0/s1. The molecule has 2 aromatic rings. The van der Waals surface area contributed by atoms with Crippen molar-refractivity contribution >= 4 is 15.8 Å². The van der Waals surface area contributed by atoms with Crippen molar-refractivity contribution < 1.29 is 13.2 Å². The molecule has 1 saturated heterocycles. The molecular formula is C24H31N3O3S. The van der Waals surface area contributed by atoms with E-state index < -0.39 is 15.6 Å². The van der Waals surface area contributed by atoms with Gasteiger partial charge < -0.3 is 4.74 Å². The topological polar surface area (TPSA) is 62.7 Å². The van der Waals surface area contributed by atoms with E-state index >= 15 is 0 Å². The molecule has 1 fully saturated rings. The van der Waals surface area contributed by atoms with Crippen LogP contribution in [0.25, 0.3) is 0 Å². The van der Waals surface area contributed by atoms with Crippen LogP contribution in [-0.4, -0.2) is 42.5 Å². The molecule has 0 aliphatic carbocycles. The minimum Gasteiger partial charge on any atom is -0.491 e. The van der Waals surface area contributed by atoms with Crippen LogP contribution in [0, 0.1) is 6.92 Å². The van der Waals surface area contributed by atoms with Crippen molar-refractivity contribution in [3.05, 3.63) is 65.2 Å². The van der Waals surface area contributed by atoms with E-state index in [-0.39, 0.29) is 12.1 Å². The fourth-order valence-electron chi connectivity index (χ4n) is 4.69. The number of nitrogens with zero attached hydrogens (tertiary/aromatic N) is 3. The highest BCUT2D eigenvalue weighted by atomic mass is 32.2. The number of hydrogen-bond donors (Lipinski definition) is 0. The zero-order chi connectivity index (χ0) is 22.2. The molecule has 2 aliphatic rings. The lowest BCUT2D eigenvalue weighted by molar-refractivity contribution is 0.119. The molecule has 4 rings (SSSR count). The smallest absolute Gasteiger partial charge is 0.259 e. The van der Waals surface area contributed by atoms with Gasteiger partial charge in [0.25, 0.3) is 10.0 Å². The molecule has 0 unspecified atom stereocenters. The van der Waals surface area contributed by atoms with Gasteiger partial charge in [-0.25, -0.2) is 17.7 Å². The SMILES string of the molecule is Cc1cccc(N2[C@]3(C=CS2(=O)=O)CCN(Cc2cccc(OC(C)C)c2)[C@@H](C)C3)n1. The second kappa shape index (κ2) is 8.28. The van der Waals surface area contributed by atoms with Gasteiger partial charge in [-0.05, 0) is 76.4 Å². The second-order valence-corrected chi connectivity index (χ2v) is 10.6. The number of anilines is 1. The summed E-state index contributed by atoms with van der Waals surface area (Å²) in [6.07, 6.45) is 3.46. The molecule has 0 bridgehead atoms. The Hall–Kier alpha value is -2.38. The van der Waals surface area contributed by atoms with Gasteiger partial charge in [-0.15, -0.1) is 0 Å². The van der Waals surface area contributed by atoms with E-state index in [1.54, 1.807) is 6.07 Å². The van der Waals surface area contributed by atoms with Crippen LogP contribution in [0.2, 0.25) is 0 Å². The molecular weight excluding hydrogens is 410 g/mol. The summed E-state index contributed by atoms with van der Waals surface area (Å²) in [5, 5.41) is 1.35. The summed E-state index contributed by atoms with van der Waals surface area (Å²) in [5.74, 6) is 1.39. The monoisotopic (exact) mass is 441 g/mol. The summed E-state index contributed by atoms with van der Waals surface area (Å²) in [6.45, 7) is 9.72. The minimum absolute atomic E-state index is 0.140. The number of aromatic nitrogens is 1. The van der Waals surface area contributed by atoms with Gasteiger partial charge in [-0.3, -0.25) is 4.90 Å². The molecule has 0 N–H and O–H groups in total. The number of piperidine rings is 1. The fraction of sp³-hybridized carbons (Fsp3) is 0.458. The minimum atomic E-state index is -3.53. The van der Waals surface area contributed by atoms with Crippen LogP contribution in [0.3, 0.4) is 0 Å². The first-order valence-corrected chi connectivity index (χ1v) is 12.4. The lowest BCUT2D eigenvalue weighted by atomic mass is 9.83. The molecule has 3 heterocycles. The Labute approximate surface area is 185 Å². The van der Waals surface area contributed by atoms with E-state index in [4.69, 9.17) is 4.74 Å². The third-order valence-electron chi connectivity index (χ3n) is 6.05. The van der Waals surface area contributed by atoms with Crippen molar-refractivity contribution in [2.24, 2.45) is 0 Å². The van der Waals surface area contributed by atoms with Gasteiger partial charge in [0.1, 0.15) is 11.6 Å². The van der Waals surface area contributed by atoms with Crippen molar-refractivity contribution in [2.75, 3.05) is 10.8 Å². The van der Waals surface area contributed by atoms with E-state index in [1.165, 1.54) is 15.3 Å². The highest BCUT2D eigenvalue weighted by Crippen LogP contribution is 2.42. The van der Waals surface area contributed by atoms with Gasteiger partial charge >= 0.3 is 0 Å². The summed E-state index contributed by atoms with van der Waals surface area (Å²) < 4.78 is 33.2. The van der Waals surface area contributed by atoms with Crippen LogP contribution in [0.1, 0.15) is 44.9 Å². The Morgan fingerprint density at radius 2 is 2.00 bits per heavy atom. The maximum atomic E-state index is 12.9. The molecule has 2 atom stereocenters. The first-order valence-electron chi connectivity index (χ1n) is 10.9. The van der Waals surface area contributed by atoms with Crippen molar-refractivity contribution in [3.8, 4) is 5.75 Å². The van der Waals surface area contributed by atoms with Crippen LogP contribution in [0.15, 0.2) is 53.9 Å². The van der Waals surface area contributed by atoms with E-state index in [2.05, 4.69) is 28.9 Å². The molecule has 6 nitrogen and oxygen atoms in total. The molecule has 1 aromatic carbocycles. The number of likely N-dealkylation sites (tertiary alicyclic amines) is 1. The van der Waals surface area contributed by atoms with Crippen LogP contribution >= 0.6 is 0 Å². The average Bonchev–Trinajstić information content (AvgIpc) is 2.94. The number of ether oxygens (including phenoxy) is 1. The third kappa shape index (κ3) is 4.48. The van der Waals surface area contributed by atoms with Crippen LogP contribution in [0.5, 0.6) is 5.75 Å². The second-order valence-electron chi connectivity index (χ2n) is 8.94. The summed E-state index contributed by atoms with van der Waals surface area (Å²) in [6, 6.07) is 14.0. The number of pyridine rings is 1. The van der Waals surface area contributed by atoms with Crippen molar-refractivity contribution in [1.29, 1.82) is 0 Å². The quantitative estimate of drug-likeness (QED) is 0.694. The van der Waals surface area contributed by atoms with Crippen molar-refractivity contribution in [2.45, 2.75) is 64.8 Å². The first-order chi connectivity index (χ1) is 14.7. The van der Waals surface area contributed by atoms with Crippen molar-refractivity contribution in [1.82, 2.24) is 9.88 Å².